The number of nitrogens with zero attached hydrogens (tertiary/aromatic N) is 2. The molecule has 0 radical (unpaired) electrons. The molecule has 114 valence electrons. The Balaban J connectivity index is 1.89. The minimum Gasteiger partial charge on any atom is -0.378 e. The van der Waals surface area contributed by atoms with Gasteiger partial charge in [0.2, 0.25) is 0 Å². The van der Waals surface area contributed by atoms with Gasteiger partial charge >= 0.3 is 0 Å². The summed E-state index contributed by atoms with van der Waals surface area (Å²) in [4.78, 5) is 3.74. The fourth-order valence-corrected chi connectivity index (χ4v) is 4.07. The van der Waals surface area contributed by atoms with Crippen LogP contribution in [-0.4, -0.2) is 49.5 Å². The van der Waals surface area contributed by atoms with Crippen molar-refractivity contribution in [3.63, 3.8) is 0 Å². The molecule has 2 aromatic heterocycles. The van der Waals surface area contributed by atoms with Gasteiger partial charge in [0.1, 0.15) is 4.90 Å². The number of hydrogen-bond donors (Lipinski definition) is 1. The zero-order valence-corrected chi connectivity index (χ0v) is 13.3. The van der Waals surface area contributed by atoms with E-state index in [0.29, 0.717) is 18.9 Å². The molecule has 8 heteroatoms. The number of morpholine rings is 1. The molecular weight excluding hydrogens is 310 g/mol. The molecule has 1 aliphatic heterocycles. The summed E-state index contributed by atoms with van der Waals surface area (Å²) in [6, 6.07) is 3.99. The lowest BCUT2D eigenvalue weighted by molar-refractivity contribution is -0.0147. The van der Waals surface area contributed by atoms with Crippen LogP contribution in [0.1, 0.15) is 16.6 Å². The average Bonchev–Trinajstić information content (AvgIpc) is 3.08. The third kappa shape index (κ3) is 3.18. The fourth-order valence-electron chi connectivity index (χ4n) is 2.52. The highest BCUT2D eigenvalue weighted by Gasteiger charge is 2.30. The maximum Gasteiger partial charge on any atom is 0.178 e. The molecule has 0 aliphatic carbocycles. The first kappa shape index (κ1) is 14.7. The summed E-state index contributed by atoms with van der Waals surface area (Å²) in [5.74, 6) is 0. The lowest BCUT2D eigenvalue weighted by Gasteiger charge is -2.34. The summed E-state index contributed by atoms with van der Waals surface area (Å²) in [6.07, 6.45) is 2.58. The van der Waals surface area contributed by atoms with E-state index in [-0.39, 0.29) is 10.9 Å². The first-order valence-corrected chi connectivity index (χ1v) is 9.40. The number of H-pyrrole nitrogens is 1. The second-order valence-electron chi connectivity index (χ2n) is 5.06. The molecule has 2 aromatic rings. The molecule has 3 heterocycles. The monoisotopic (exact) mass is 327 g/mol. The fraction of sp³-hybridized carbons (Fsp3) is 0.462. The summed E-state index contributed by atoms with van der Waals surface area (Å²) in [5.41, 5.74) is 0.619. The molecule has 0 saturated carbocycles. The predicted octanol–water partition coefficient (Wildman–Crippen LogP) is 1.45. The number of aromatic amines is 1. The Hall–Kier alpha value is -1.22. The molecule has 1 saturated heterocycles. The molecule has 1 unspecified atom stereocenters. The average molecular weight is 327 g/mol. The van der Waals surface area contributed by atoms with Crippen molar-refractivity contribution < 1.29 is 13.2 Å². The third-order valence-corrected chi connectivity index (χ3v) is 5.53. The molecule has 0 aromatic carbocycles. The van der Waals surface area contributed by atoms with Gasteiger partial charge in [0, 0.05) is 24.2 Å². The van der Waals surface area contributed by atoms with Crippen LogP contribution >= 0.6 is 11.3 Å². The zero-order chi connectivity index (χ0) is 14.9. The molecule has 21 heavy (non-hydrogen) atoms. The highest BCUT2D eigenvalue weighted by Crippen LogP contribution is 2.29. The lowest BCUT2D eigenvalue weighted by Crippen LogP contribution is -2.39. The van der Waals surface area contributed by atoms with Crippen molar-refractivity contribution in [1.29, 1.82) is 0 Å². The topological polar surface area (TPSA) is 75.3 Å². The minimum absolute atomic E-state index is 0.118. The van der Waals surface area contributed by atoms with Crippen LogP contribution in [-0.2, 0) is 21.1 Å². The largest absolute Gasteiger partial charge is 0.378 e. The van der Waals surface area contributed by atoms with Crippen LogP contribution in [0.2, 0.25) is 0 Å². The number of sulfone groups is 1. The Labute approximate surface area is 127 Å². The molecular formula is C13H17N3O3S2. The van der Waals surface area contributed by atoms with Crippen LogP contribution in [0.15, 0.2) is 28.6 Å². The van der Waals surface area contributed by atoms with E-state index >= 15 is 0 Å². The van der Waals surface area contributed by atoms with Crippen LogP contribution in [0, 0.1) is 0 Å². The predicted molar refractivity (Wildman–Crippen MR) is 80.0 cm³/mol. The smallest absolute Gasteiger partial charge is 0.178 e. The van der Waals surface area contributed by atoms with Crippen LogP contribution < -0.4 is 0 Å². The Kier molecular flexibility index (Phi) is 4.12. The van der Waals surface area contributed by atoms with Crippen LogP contribution in [0.4, 0.5) is 0 Å². The summed E-state index contributed by atoms with van der Waals surface area (Å²) in [5, 5.41) is 8.80. The molecule has 0 spiro atoms. The Bertz CT molecular complexity index is 694. The number of nitrogens with one attached hydrogen (secondary N) is 1. The van der Waals surface area contributed by atoms with E-state index in [9.17, 15) is 8.42 Å². The highest BCUT2D eigenvalue weighted by atomic mass is 32.2. The van der Waals surface area contributed by atoms with Gasteiger partial charge in [-0.1, -0.05) is 6.07 Å². The molecule has 1 fully saturated rings. The van der Waals surface area contributed by atoms with Gasteiger partial charge in [-0.25, -0.2) is 8.42 Å². The third-order valence-electron chi connectivity index (χ3n) is 3.54. The van der Waals surface area contributed by atoms with E-state index in [0.717, 1.165) is 13.1 Å². The Morgan fingerprint density at radius 1 is 1.57 bits per heavy atom. The standard InChI is InChI=1S/C13H17N3O3S2/c1-21(17,18)12-7-14-15-13(12)11-9-19-5-4-16(11)8-10-3-2-6-20-10/h2-3,6-7,11H,4-5,8-9H2,1H3,(H,14,15). The van der Waals surface area contributed by atoms with E-state index in [1.165, 1.54) is 17.3 Å². The molecule has 3 rings (SSSR count). The maximum atomic E-state index is 11.9. The number of thiophene rings is 1. The van der Waals surface area contributed by atoms with Gasteiger partial charge in [-0.2, -0.15) is 5.10 Å². The van der Waals surface area contributed by atoms with Crippen molar-refractivity contribution in [2.45, 2.75) is 17.5 Å². The van der Waals surface area contributed by atoms with E-state index in [1.807, 2.05) is 11.4 Å². The van der Waals surface area contributed by atoms with Gasteiger partial charge in [0.15, 0.2) is 9.84 Å². The van der Waals surface area contributed by atoms with Crippen molar-refractivity contribution >= 4 is 21.2 Å². The quantitative estimate of drug-likeness (QED) is 0.920. The zero-order valence-electron chi connectivity index (χ0n) is 11.7. The van der Waals surface area contributed by atoms with Crippen LogP contribution in [0.25, 0.3) is 0 Å². The summed E-state index contributed by atoms with van der Waals surface area (Å²) >= 11 is 1.70. The summed E-state index contributed by atoms with van der Waals surface area (Å²) in [6.45, 7) is 2.68. The normalized spacial score (nSPS) is 20.7. The molecule has 1 aliphatic rings. The summed E-state index contributed by atoms with van der Waals surface area (Å²) in [7, 11) is -3.30. The number of rotatable bonds is 4. The molecule has 0 amide bonds. The van der Waals surface area contributed by atoms with Crippen LogP contribution in [0.5, 0.6) is 0 Å². The van der Waals surface area contributed by atoms with E-state index in [2.05, 4.69) is 21.2 Å². The van der Waals surface area contributed by atoms with Crippen molar-refractivity contribution in [3.05, 3.63) is 34.3 Å². The van der Waals surface area contributed by atoms with Gasteiger partial charge < -0.3 is 4.74 Å². The van der Waals surface area contributed by atoms with Crippen molar-refractivity contribution in [2.24, 2.45) is 0 Å². The van der Waals surface area contributed by atoms with Gasteiger partial charge in [0.25, 0.3) is 0 Å². The molecule has 6 nitrogen and oxygen atoms in total. The number of ether oxygens (including phenoxy) is 1. The highest BCUT2D eigenvalue weighted by molar-refractivity contribution is 7.90. The van der Waals surface area contributed by atoms with Gasteiger partial charge in [0.05, 0.1) is 31.1 Å². The minimum atomic E-state index is -3.30. The second-order valence-corrected chi connectivity index (χ2v) is 8.08. The van der Waals surface area contributed by atoms with Crippen molar-refractivity contribution in [1.82, 2.24) is 15.1 Å². The number of aromatic nitrogens is 2. The summed E-state index contributed by atoms with van der Waals surface area (Å²) < 4.78 is 29.3. The Morgan fingerprint density at radius 3 is 3.14 bits per heavy atom. The lowest BCUT2D eigenvalue weighted by atomic mass is 10.1. The van der Waals surface area contributed by atoms with E-state index in [4.69, 9.17) is 4.74 Å². The van der Waals surface area contributed by atoms with Gasteiger partial charge in [-0.05, 0) is 11.4 Å². The van der Waals surface area contributed by atoms with Crippen molar-refractivity contribution in [2.75, 3.05) is 26.0 Å². The second kappa shape index (κ2) is 5.88. The molecule has 0 bridgehead atoms. The number of hydrogen-bond acceptors (Lipinski definition) is 6. The van der Waals surface area contributed by atoms with E-state index in [1.54, 1.807) is 11.3 Å². The van der Waals surface area contributed by atoms with Crippen LogP contribution in [0.3, 0.4) is 0 Å². The first-order chi connectivity index (χ1) is 10.1. The molecule has 1 atom stereocenters. The first-order valence-electron chi connectivity index (χ1n) is 6.63. The SMILES string of the molecule is CS(=O)(=O)c1cn[nH]c1C1COCCN1Cc1cccs1. The Morgan fingerprint density at radius 2 is 2.43 bits per heavy atom. The van der Waals surface area contributed by atoms with E-state index < -0.39 is 9.84 Å². The van der Waals surface area contributed by atoms with Crippen molar-refractivity contribution in [3.8, 4) is 0 Å². The molecule has 1 N–H and O–H groups in total. The van der Waals surface area contributed by atoms with Gasteiger partial charge in [-0.15, -0.1) is 11.3 Å². The van der Waals surface area contributed by atoms with Gasteiger partial charge in [-0.3, -0.25) is 10.00 Å². The maximum absolute atomic E-state index is 11.9.